The van der Waals surface area contributed by atoms with Gasteiger partial charge in [0, 0.05) is 19.0 Å². The molecule has 0 aliphatic carbocycles. The highest BCUT2D eigenvalue weighted by atomic mass is 35.5. The third kappa shape index (κ3) is 3.91. The molecule has 0 atom stereocenters. The fourth-order valence-corrected chi connectivity index (χ4v) is 3.52. The second-order valence-electron chi connectivity index (χ2n) is 4.25. The van der Waals surface area contributed by atoms with Crippen LogP contribution < -0.4 is 0 Å². The van der Waals surface area contributed by atoms with Crippen molar-refractivity contribution in [3.8, 4) is 0 Å². The lowest BCUT2D eigenvalue weighted by Crippen LogP contribution is -2.32. The van der Waals surface area contributed by atoms with E-state index in [0.29, 0.717) is 18.7 Å². The fraction of sp³-hybridized carbons (Fsp3) is 0.538. The first-order valence-corrected chi connectivity index (χ1v) is 8.29. The van der Waals surface area contributed by atoms with Gasteiger partial charge in [-0.2, -0.15) is 4.31 Å². The first-order chi connectivity index (χ1) is 8.97. The van der Waals surface area contributed by atoms with Crippen molar-refractivity contribution in [3.63, 3.8) is 0 Å². The van der Waals surface area contributed by atoms with Crippen LogP contribution in [-0.4, -0.2) is 25.8 Å². The predicted octanol–water partition coefficient (Wildman–Crippen LogP) is 3.38. The zero-order valence-electron chi connectivity index (χ0n) is 11.2. The van der Waals surface area contributed by atoms with Crippen LogP contribution in [0.1, 0.15) is 32.3 Å². The zero-order valence-corrected chi connectivity index (χ0v) is 12.8. The Morgan fingerprint density at radius 1 is 1.32 bits per heavy atom. The summed E-state index contributed by atoms with van der Waals surface area (Å²) in [5, 5.41) is 0. The molecule has 0 saturated heterocycles. The average molecular weight is 308 g/mol. The molecule has 0 heterocycles. The van der Waals surface area contributed by atoms with E-state index in [1.54, 1.807) is 6.92 Å². The van der Waals surface area contributed by atoms with Crippen molar-refractivity contribution in [2.24, 2.45) is 0 Å². The lowest BCUT2D eigenvalue weighted by Gasteiger charge is -2.20. The SMILES string of the molecule is CCCCN(CC)S(=O)(=O)c1cc(CCl)ccc1F. The maximum absolute atomic E-state index is 13.8. The second-order valence-corrected chi connectivity index (χ2v) is 6.42. The van der Waals surface area contributed by atoms with Crippen molar-refractivity contribution in [3.05, 3.63) is 29.6 Å². The van der Waals surface area contributed by atoms with Gasteiger partial charge in [0.2, 0.25) is 10.0 Å². The Hall–Kier alpha value is -0.650. The molecule has 1 rings (SSSR count). The van der Waals surface area contributed by atoms with Crippen LogP contribution in [-0.2, 0) is 15.9 Å². The molecule has 1 aromatic carbocycles. The van der Waals surface area contributed by atoms with Gasteiger partial charge >= 0.3 is 0 Å². The molecule has 19 heavy (non-hydrogen) atoms. The molecule has 108 valence electrons. The van der Waals surface area contributed by atoms with Gasteiger partial charge in [-0.15, -0.1) is 11.6 Å². The van der Waals surface area contributed by atoms with Crippen LogP contribution in [0, 0.1) is 5.82 Å². The number of sulfonamides is 1. The second kappa shape index (κ2) is 7.22. The van der Waals surface area contributed by atoms with Crippen LogP contribution in [0.4, 0.5) is 4.39 Å². The maximum Gasteiger partial charge on any atom is 0.245 e. The van der Waals surface area contributed by atoms with Gasteiger partial charge in [-0.05, 0) is 24.1 Å². The van der Waals surface area contributed by atoms with Crippen LogP contribution in [0.15, 0.2) is 23.1 Å². The van der Waals surface area contributed by atoms with Gasteiger partial charge in [0.1, 0.15) is 10.7 Å². The number of halogens is 2. The topological polar surface area (TPSA) is 37.4 Å². The summed E-state index contributed by atoms with van der Waals surface area (Å²) in [4.78, 5) is -0.288. The highest BCUT2D eigenvalue weighted by Gasteiger charge is 2.26. The number of nitrogens with zero attached hydrogens (tertiary/aromatic N) is 1. The van der Waals surface area contributed by atoms with E-state index in [1.807, 2.05) is 6.92 Å². The van der Waals surface area contributed by atoms with E-state index in [-0.39, 0.29) is 10.8 Å². The standard InChI is InChI=1S/C13H19ClFNO2S/c1-3-5-8-16(4-2)19(17,18)13-9-11(10-14)6-7-12(13)15/h6-7,9H,3-5,8,10H2,1-2H3. The van der Waals surface area contributed by atoms with Gasteiger partial charge in [-0.1, -0.05) is 26.3 Å². The Balaban J connectivity index is 3.17. The van der Waals surface area contributed by atoms with Crippen molar-refractivity contribution in [1.82, 2.24) is 4.31 Å². The smallest absolute Gasteiger partial charge is 0.207 e. The first kappa shape index (κ1) is 16.4. The number of hydrogen-bond acceptors (Lipinski definition) is 2. The van der Waals surface area contributed by atoms with Crippen LogP contribution in [0.2, 0.25) is 0 Å². The number of hydrogen-bond donors (Lipinski definition) is 0. The Labute approximate surface area is 119 Å². The molecule has 0 spiro atoms. The summed E-state index contributed by atoms with van der Waals surface area (Å²) < 4.78 is 39.9. The fourth-order valence-electron chi connectivity index (χ4n) is 1.75. The minimum Gasteiger partial charge on any atom is -0.207 e. The van der Waals surface area contributed by atoms with Crippen LogP contribution in [0.3, 0.4) is 0 Å². The lowest BCUT2D eigenvalue weighted by atomic mass is 10.2. The number of unbranched alkanes of at least 4 members (excludes halogenated alkanes) is 1. The Morgan fingerprint density at radius 2 is 2.00 bits per heavy atom. The monoisotopic (exact) mass is 307 g/mol. The van der Waals surface area contributed by atoms with Crippen molar-refractivity contribution in [1.29, 1.82) is 0 Å². The van der Waals surface area contributed by atoms with Gasteiger partial charge in [-0.3, -0.25) is 0 Å². The molecule has 0 saturated carbocycles. The molecular weight excluding hydrogens is 289 g/mol. The van der Waals surface area contributed by atoms with Gasteiger partial charge in [0.25, 0.3) is 0 Å². The average Bonchev–Trinajstić information content (AvgIpc) is 2.39. The molecule has 0 bridgehead atoms. The van der Waals surface area contributed by atoms with E-state index in [2.05, 4.69) is 0 Å². The number of alkyl halides is 1. The van der Waals surface area contributed by atoms with E-state index >= 15 is 0 Å². The molecule has 0 aromatic heterocycles. The van der Waals surface area contributed by atoms with Crippen molar-refractivity contribution < 1.29 is 12.8 Å². The normalized spacial score (nSPS) is 12.1. The summed E-state index contributed by atoms with van der Waals surface area (Å²) in [6, 6.07) is 3.95. The Morgan fingerprint density at radius 3 is 2.53 bits per heavy atom. The minimum atomic E-state index is -3.79. The molecule has 0 amide bonds. The van der Waals surface area contributed by atoms with Crippen LogP contribution in [0.5, 0.6) is 0 Å². The van der Waals surface area contributed by atoms with Gasteiger partial charge in [0.15, 0.2) is 0 Å². The van der Waals surface area contributed by atoms with Gasteiger partial charge in [-0.25, -0.2) is 12.8 Å². The summed E-state index contributed by atoms with van der Waals surface area (Å²) in [5.41, 5.74) is 0.591. The molecule has 3 nitrogen and oxygen atoms in total. The highest BCUT2D eigenvalue weighted by molar-refractivity contribution is 7.89. The largest absolute Gasteiger partial charge is 0.245 e. The molecule has 0 fully saturated rings. The lowest BCUT2D eigenvalue weighted by molar-refractivity contribution is 0.415. The van der Waals surface area contributed by atoms with E-state index < -0.39 is 15.8 Å². The summed E-state index contributed by atoms with van der Waals surface area (Å²) in [7, 11) is -3.79. The van der Waals surface area contributed by atoms with Crippen molar-refractivity contribution in [2.45, 2.75) is 37.5 Å². The van der Waals surface area contributed by atoms with Gasteiger partial charge < -0.3 is 0 Å². The van der Waals surface area contributed by atoms with E-state index in [4.69, 9.17) is 11.6 Å². The Kier molecular flexibility index (Phi) is 6.23. The molecule has 0 radical (unpaired) electrons. The van der Waals surface area contributed by atoms with Crippen molar-refractivity contribution >= 4 is 21.6 Å². The van der Waals surface area contributed by atoms with E-state index in [0.717, 1.165) is 18.9 Å². The predicted molar refractivity (Wildman–Crippen MR) is 75.3 cm³/mol. The molecule has 6 heteroatoms. The minimum absolute atomic E-state index is 0.157. The summed E-state index contributed by atoms with van der Waals surface area (Å²) in [6.45, 7) is 4.46. The molecule has 0 N–H and O–H groups in total. The van der Waals surface area contributed by atoms with Gasteiger partial charge in [0.05, 0.1) is 0 Å². The number of benzene rings is 1. The quantitative estimate of drug-likeness (QED) is 0.724. The molecule has 0 unspecified atom stereocenters. The summed E-state index contributed by atoms with van der Waals surface area (Å²) >= 11 is 5.67. The van der Waals surface area contributed by atoms with Crippen LogP contribution in [0.25, 0.3) is 0 Å². The van der Waals surface area contributed by atoms with E-state index in [1.165, 1.54) is 16.4 Å². The maximum atomic E-state index is 13.8. The zero-order chi connectivity index (χ0) is 14.5. The third-order valence-corrected chi connectivity index (χ3v) is 5.18. The third-order valence-electron chi connectivity index (χ3n) is 2.88. The number of rotatable bonds is 7. The van der Waals surface area contributed by atoms with Crippen LogP contribution >= 0.6 is 11.6 Å². The summed E-state index contributed by atoms with van der Waals surface area (Å²) in [6.07, 6.45) is 1.64. The molecule has 0 aliphatic rings. The van der Waals surface area contributed by atoms with E-state index in [9.17, 15) is 12.8 Å². The van der Waals surface area contributed by atoms with Crippen molar-refractivity contribution in [2.75, 3.05) is 13.1 Å². The molecule has 0 aliphatic heterocycles. The molecule has 1 aromatic rings. The summed E-state index contributed by atoms with van der Waals surface area (Å²) in [5.74, 6) is -0.576. The first-order valence-electron chi connectivity index (χ1n) is 6.31. The Bertz CT molecular complexity index is 519. The molecular formula is C13H19ClFNO2S. The highest BCUT2D eigenvalue weighted by Crippen LogP contribution is 2.22.